The maximum absolute atomic E-state index is 13.2. The number of aromatic nitrogens is 1. The zero-order chi connectivity index (χ0) is 22.4. The highest BCUT2D eigenvalue weighted by Crippen LogP contribution is 2.27. The molecular formula is C22H21ClN2O5S. The molecule has 7 nitrogen and oxygen atoms in total. The summed E-state index contributed by atoms with van der Waals surface area (Å²) in [6, 6.07) is 12.5. The standard InChI is InChI=1S/C22H21ClN2O5S/c1-28-17-8-14(9-18(10-17)29-2)11-25(12-20(26)30-3)22(27)19-13-31-21(24-19)15-4-6-16(23)7-5-15/h4-10,13H,11-12H2,1-3H3. The summed E-state index contributed by atoms with van der Waals surface area (Å²) < 4.78 is 15.4. The molecule has 162 valence electrons. The van der Waals surface area contributed by atoms with Gasteiger partial charge in [0.15, 0.2) is 0 Å². The second kappa shape index (κ2) is 10.3. The number of rotatable bonds is 8. The number of carbonyl (C=O) groups excluding carboxylic acids is 2. The zero-order valence-electron chi connectivity index (χ0n) is 17.3. The van der Waals surface area contributed by atoms with E-state index in [9.17, 15) is 9.59 Å². The first-order valence-electron chi connectivity index (χ1n) is 9.23. The Bertz CT molecular complexity index is 1050. The van der Waals surface area contributed by atoms with E-state index < -0.39 is 5.97 Å². The molecule has 0 aliphatic carbocycles. The van der Waals surface area contributed by atoms with Gasteiger partial charge in [0.25, 0.3) is 5.91 Å². The van der Waals surface area contributed by atoms with Crippen LogP contribution >= 0.6 is 22.9 Å². The van der Waals surface area contributed by atoms with Gasteiger partial charge in [-0.2, -0.15) is 0 Å². The fourth-order valence-electron chi connectivity index (χ4n) is 2.86. The Labute approximate surface area is 189 Å². The van der Waals surface area contributed by atoms with Crippen LogP contribution in [-0.4, -0.2) is 49.6 Å². The van der Waals surface area contributed by atoms with Crippen molar-refractivity contribution in [1.29, 1.82) is 0 Å². The fourth-order valence-corrected chi connectivity index (χ4v) is 3.78. The Morgan fingerprint density at radius 3 is 2.26 bits per heavy atom. The van der Waals surface area contributed by atoms with E-state index in [-0.39, 0.29) is 24.7 Å². The maximum Gasteiger partial charge on any atom is 0.325 e. The number of nitrogens with zero attached hydrogens (tertiary/aromatic N) is 2. The predicted molar refractivity (Wildman–Crippen MR) is 119 cm³/mol. The SMILES string of the molecule is COC(=O)CN(Cc1cc(OC)cc(OC)c1)C(=O)c1csc(-c2ccc(Cl)cc2)n1. The molecule has 0 aliphatic rings. The van der Waals surface area contributed by atoms with E-state index in [4.69, 9.17) is 25.8 Å². The molecule has 0 N–H and O–H groups in total. The van der Waals surface area contributed by atoms with Crippen LogP contribution in [0.4, 0.5) is 0 Å². The number of hydrogen-bond acceptors (Lipinski definition) is 7. The lowest BCUT2D eigenvalue weighted by atomic mass is 10.1. The molecule has 0 aliphatic heterocycles. The molecule has 0 bridgehead atoms. The van der Waals surface area contributed by atoms with E-state index >= 15 is 0 Å². The molecule has 31 heavy (non-hydrogen) atoms. The Kier molecular flexibility index (Phi) is 7.49. The van der Waals surface area contributed by atoms with E-state index in [0.717, 1.165) is 11.1 Å². The largest absolute Gasteiger partial charge is 0.497 e. The number of halogens is 1. The number of hydrogen-bond donors (Lipinski definition) is 0. The molecule has 0 fully saturated rings. The minimum absolute atomic E-state index is 0.148. The number of ether oxygens (including phenoxy) is 3. The van der Waals surface area contributed by atoms with Crippen LogP contribution in [0.5, 0.6) is 11.5 Å². The van der Waals surface area contributed by atoms with E-state index in [1.807, 2.05) is 12.1 Å². The number of amides is 1. The number of thiazole rings is 1. The van der Waals surface area contributed by atoms with Crippen molar-refractivity contribution in [2.24, 2.45) is 0 Å². The predicted octanol–water partition coefficient (Wildman–Crippen LogP) is 4.30. The molecule has 0 saturated carbocycles. The summed E-state index contributed by atoms with van der Waals surface area (Å²) in [6.45, 7) is -0.0715. The van der Waals surface area contributed by atoms with Crippen LogP contribution in [0, 0.1) is 0 Å². The Morgan fingerprint density at radius 1 is 1.03 bits per heavy atom. The molecule has 3 aromatic rings. The van der Waals surface area contributed by atoms with Gasteiger partial charge in [-0.25, -0.2) is 4.98 Å². The van der Waals surface area contributed by atoms with Gasteiger partial charge in [-0.15, -0.1) is 11.3 Å². The van der Waals surface area contributed by atoms with E-state index in [1.54, 1.807) is 49.9 Å². The zero-order valence-corrected chi connectivity index (χ0v) is 18.8. The van der Waals surface area contributed by atoms with Gasteiger partial charge < -0.3 is 19.1 Å². The molecule has 1 aromatic heterocycles. The highest BCUT2D eigenvalue weighted by Gasteiger charge is 2.23. The van der Waals surface area contributed by atoms with Crippen molar-refractivity contribution < 1.29 is 23.8 Å². The van der Waals surface area contributed by atoms with Gasteiger partial charge >= 0.3 is 5.97 Å². The molecule has 0 atom stereocenters. The summed E-state index contributed by atoms with van der Waals surface area (Å²) in [5.74, 6) is 0.247. The molecule has 0 radical (unpaired) electrons. The minimum Gasteiger partial charge on any atom is -0.497 e. The Morgan fingerprint density at radius 2 is 1.68 bits per heavy atom. The lowest BCUT2D eigenvalue weighted by Gasteiger charge is -2.21. The van der Waals surface area contributed by atoms with Crippen molar-refractivity contribution in [1.82, 2.24) is 9.88 Å². The van der Waals surface area contributed by atoms with Crippen LogP contribution in [0.1, 0.15) is 16.1 Å². The monoisotopic (exact) mass is 460 g/mol. The average molecular weight is 461 g/mol. The summed E-state index contributed by atoms with van der Waals surface area (Å²) in [4.78, 5) is 31.0. The van der Waals surface area contributed by atoms with Crippen LogP contribution in [0.3, 0.4) is 0 Å². The second-order valence-electron chi connectivity index (χ2n) is 6.50. The van der Waals surface area contributed by atoms with Crippen molar-refractivity contribution in [3.05, 3.63) is 64.1 Å². The highest BCUT2D eigenvalue weighted by atomic mass is 35.5. The first-order valence-corrected chi connectivity index (χ1v) is 10.5. The summed E-state index contributed by atoms with van der Waals surface area (Å²) in [6.07, 6.45) is 0. The van der Waals surface area contributed by atoms with E-state index in [0.29, 0.717) is 21.5 Å². The Hall–Kier alpha value is -3.10. The molecule has 1 amide bonds. The van der Waals surface area contributed by atoms with Gasteiger partial charge in [0.1, 0.15) is 28.7 Å². The molecule has 0 spiro atoms. The van der Waals surface area contributed by atoms with Crippen molar-refractivity contribution in [2.45, 2.75) is 6.54 Å². The summed E-state index contributed by atoms with van der Waals surface area (Å²) in [7, 11) is 4.37. The van der Waals surface area contributed by atoms with Gasteiger partial charge in [-0.3, -0.25) is 9.59 Å². The topological polar surface area (TPSA) is 78.0 Å². The molecule has 2 aromatic carbocycles. The van der Waals surface area contributed by atoms with Crippen LogP contribution < -0.4 is 9.47 Å². The van der Waals surface area contributed by atoms with Gasteiger partial charge in [0.05, 0.1) is 21.3 Å². The van der Waals surface area contributed by atoms with Crippen LogP contribution in [-0.2, 0) is 16.1 Å². The van der Waals surface area contributed by atoms with Gasteiger partial charge in [0.2, 0.25) is 0 Å². The lowest BCUT2D eigenvalue weighted by molar-refractivity contribution is -0.141. The molecular weight excluding hydrogens is 440 g/mol. The molecule has 0 saturated heterocycles. The molecule has 9 heteroatoms. The maximum atomic E-state index is 13.2. The van der Waals surface area contributed by atoms with Crippen molar-refractivity contribution in [2.75, 3.05) is 27.9 Å². The van der Waals surface area contributed by atoms with E-state index in [2.05, 4.69) is 4.98 Å². The number of esters is 1. The normalized spacial score (nSPS) is 10.5. The highest BCUT2D eigenvalue weighted by molar-refractivity contribution is 7.13. The molecule has 0 unspecified atom stereocenters. The van der Waals surface area contributed by atoms with Gasteiger partial charge in [-0.1, -0.05) is 23.7 Å². The number of carbonyl (C=O) groups is 2. The van der Waals surface area contributed by atoms with E-state index in [1.165, 1.54) is 23.3 Å². The van der Waals surface area contributed by atoms with Crippen molar-refractivity contribution in [3.63, 3.8) is 0 Å². The number of methoxy groups -OCH3 is 3. The summed E-state index contributed by atoms with van der Waals surface area (Å²) in [5, 5.41) is 2.97. The average Bonchev–Trinajstić information content (AvgIpc) is 3.28. The molecule has 1 heterocycles. The third kappa shape index (κ3) is 5.74. The summed E-state index contributed by atoms with van der Waals surface area (Å²) in [5.41, 5.74) is 1.83. The first kappa shape index (κ1) is 22.6. The number of benzene rings is 2. The van der Waals surface area contributed by atoms with Crippen molar-refractivity contribution >= 4 is 34.8 Å². The third-order valence-electron chi connectivity index (χ3n) is 4.43. The second-order valence-corrected chi connectivity index (χ2v) is 7.80. The molecule has 3 rings (SSSR count). The smallest absolute Gasteiger partial charge is 0.325 e. The quantitative estimate of drug-likeness (QED) is 0.466. The van der Waals surface area contributed by atoms with Gasteiger partial charge in [-0.05, 0) is 29.8 Å². The first-order chi connectivity index (χ1) is 14.9. The summed E-state index contributed by atoms with van der Waals surface area (Å²) >= 11 is 7.28. The lowest BCUT2D eigenvalue weighted by Crippen LogP contribution is -2.36. The van der Waals surface area contributed by atoms with Crippen LogP contribution in [0.15, 0.2) is 47.8 Å². The third-order valence-corrected chi connectivity index (χ3v) is 5.58. The Balaban J connectivity index is 1.87. The van der Waals surface area contributed by atoms with Gasteiger partial charge in [0, 0.05) is 28.6 Å². The minimum atomic E-state index is -0.531. The van der Waals surface area contributed by atoms with Crippen molar-refractivity contribution in [3.8, 4) is 22.1 Å². The van der Waals surface area contributed by atoms with Crippen LogP contribution in [0.2, 0.25) is 5.02 Å². The van der Waals surface area contributed by atoms with Crippen LogP contribution in [0.25, 0.3) is 10.6 Å². The fraction of sp³-hybridized carbons (Fsp3) is 0.227.